The van der Waals surface area contributed by atoms with Gasteiger partial charge in [0.25, 0.3) is 0 Å². The Kier molecular flexibility index (Phi) is 6.13. The van der Waals surface area contributed by atoms with Gasteiger partial charge in [0.15, 0.2) is 0 Å². The van der Waals surface area contributed by atoms with Crippen LogP contribution in [0.2, 0.25) is 0 Å². The van der Waals surface area contributed by atoms with E-state index in [-0.39, 0.29) is 63.7 Å². The SMILES string of the molecule is Cn1cc(COc2ccccc2[B-](F)(F)F)cn1.[K+]. The molecule has 0 aliphatic heterocycles. The maximum atomic E-state index is 12.7. The second-order valence-electron chi connectivity index (χ2n) is 3.92. The van der Waals surface area contributed by atoms with Crippen molar-refractivity contribution in [3.63, 3.8) is 0 Å². The van der Waals surface area contributed by atoms with Crippen LogP contribution in [0.15, 0.2) is 36.7 Å². The molecule has 0 radical (unpaired) electrons. The predicted molar refractivity (Wildman–Crippen MR) is 62.7 cm³/mol. The summed E-state index contributed by atoms with van der Waals surface area (Å²) in [4.78, 5) is 0. The van der Waals surface area contributed by atoms with Gasteiger partial charge in [-0.2, -0.15) is 5.10 Å². The quantitative estimate of drug-likeness (QED) is 0.681. The smallest absolute Gasteiger partial charge is 0.492 e. The minimum atomic E-state index is -5.06. The zero-order chi connectivity index (χ0) is 13.2. The molecule has 1 heterocycles. The van der Waals surface area contributed by atoms with E-state index in [1.54, 1.807) is 24.1 Å². The van der Waals surface area contributed by atoms with Crippen LogP contribution in [0, 0.1) is 0 Å². The zero-order valence-corrected chi connectivity index (χ0v) is 13.8. The summed E-state index contributed by atoms with van der Waals surface area (Å²) in [5.74, 6) is -0.145. The fourth-order valence-corrected chi connectivity index (χ4v) is 1.59. The predicted octanol–water partition coefficient (Wildman–Crippen LogP) is -0.943. The van der Waals surface area contributed by atoms with Crippen molar-refractivity contribution >= 4 is 12.4 Å². The van der Waals surface area contributed by atoms with Crippen LogP contribution >= 0.6 is 0 Å². The normalized spacial score (nSPS) is 10.9. The molecule has 1 aromatic carbocycles. The van der Waals surface area contributed by atoms with Gasteiger partial charge in [-0.1, -0.05) is 23.7 Å². The van der Waals surface area contributed by atoms with Crippen LogP contribution < -0.4 is 61.6 Å². The number of nitrogens with zero attached hydrogens (tertiary/aromatic N) is 2. The molecule has 2 rings (SSSR count). The number of hydrogen-bond donors (Lipinski definition) is 0. The van der Waals surface area contributed by atoms with Crippen molar-refractivity contribution in [3.05, 3.63) is 42.2 Å². The summed E-state index contributed by atoms with van der Waals surface area (Å²) in [6.45, 7) is -5.00. The average molecular weight is 294 g/mol. The second kappa shape index (κ2) is 6.94. The van der Waals surface area contributed by atoms with Crippen LogP contribution in [0.3, 0.4) is 0 Å². The number of para-hydroxylation sites is 1. The second-order valence-corrected chi connectivity index (χ2v) is 3.92. The largest absolute Gasteiger partial charge is 1.00 e. The van der Waals surface area contributed by atoms with Crippen molar-refractivity contribution in [1.82, 2.24) is 9.78 Å². The molecule has 96 valence electrons. The van der Waals surface area contributed by atoms with Crippen molar-refractivity contribution in [3.8, 4) is 5.75 Å². The molecule has 0 bridgehead atoms. The summed E-state index contributed by atoms with van der Waals surface area (Å²) in [7, 11) is 1.73. The molecule has 8 heteroatoms. The molecule has 0 saturated carbocycles. The molecule has 0 amide bonds. The van der Waals surface area contributed by atoms with E-state index in [9.17, 15) is 12.9 Å². The molecule has 0 aliphatic carbocycles. The molecular weight excluding hydrogens is 283 g/mol. The molecule has 0 spiro atoms. The molecule has 0 N–H and O–H groups in total. The number of ether oxygens (including phenoxy) is 1. The van der Waals surface area contributed by atoms with E-state index in [1.807, 2.05) is 0 Å². The third kappa shape index (κ3) is 4.64. The zero-order valence-electron chi connectivity index (χ0n) is 10.7. The summed E-state index contributed by atoms with van der Waals surface area (Å²) in [6.07, 6.45) is 3.25. The first-order valence-corrected chi connectivity index (χ1v) is 5.36. The van der Waals surface area contributed by atoms with E-state index < -0.39 is 12.4 Å². The van der Waals surface area contributed by atoms with Gasteiger partial charge in [0.05, 0.1) is 11.9 Å². The van der Waals surface area contributed by atoms with Crippen molar-refractivity contribution in [1.29, 1.82) is 0 Å². The Morgan fingerprint density at radius 1 is 1.26 bits per heavy atom. The maximum Gasteiger partial charge on any atom is 1.00 e. The number of aryl methyl sites for hydroxylation is 1. The average Bonchev–Trinajstić information content (AvgIpc) is 2.72. The Morgan fingerprint density at radius 2 is 1.95 bits per heavy atom. The van der Waals surface area contributed by atoms with E-state index in [1.165, 1.54) is 18.2 Å². The Labute approximate surface area is 151 Å². The Hall–Kier alpha value is -0.279. The van der Waals surface area contributed by atoms with Gasteiger partial charge < -0.3 is 17.7 Å². The third-order valence-corrected chi connectivity index (χ3v) is 2.42. The summed E-state index contributed by atoms with van der Waals surface area (Å²) in [5, 5.41) is 3.92. The molecule has 0 atom stereocenters. The Morgan fingerprint density at radius 3 is 2.53 bits per heavy atom. The number of hydrogen-bond acceptors (Lipinski definition) is 2. The van der Waals surface area contributed by atoms with Gasteiger partial charge >= 0.3 is 58.4 Å². The van der Waals surface area contributed by atoms with E-state index in [2.05, 4.69) is 5.10 Å². The molecule has 1 aromatic heterocycles. The third-order valence-electron chi connectivity index (χ3n) is 2.42. The topological polar surface area (TPSA) is 27.1 Å². The molecule has 0 saturated heterocycles. The summed E-state index contributed by atoms with van der Waals surface area (Å²) < 4.78 is 45.0. The molecule has 2 aromatic rings. The van der Waals surface area contributed by atoms with Gasteiger partial charge in [-0.05, 0) is 6.07 Å². The number of benzene rings is 1. The van der Waals surface area contributed by atoms with Crippen molar-refractivity contribution in [2.75, 3.05) is 0 Å². The van der Waals surface area contributed by atoms with E-state index in [0.717, 1.165) is 11.6 Å². The maximum absolute atomic E-state index is 12.7. The van der Waals surface area contributed by atoms with Crippen LogP contribution in [0.1, 0.15) is 5.56 Å². The first-order valence-electron chi connectivity index (χ1n) is 5.36. The number of aromatic nitrogens is 2. The van der Waals surface area contributed by atoms with E-state index in [4.69, 9.17) is 4.74 Å². The van der Waals surface area contributed by atoms with E-state index >= 15 is 0 Å². The van der Waals surface area contributed by atoms with Gasteiger partial charge in [-0.15, -0.1) is 0 Å². The van der Waals surface area contributed by atoms with Crippen LogP contribution in [0.5, 0.6) is 5.75 Å². The number of halogens is 3. The molecule has 0 aliphatic rings. The van der Waals surface area contributed by atoms with Crippen molar-refractivity contribution < 1.29 is 69.1 Å². The summed E-state index contributed by atoms with van der Waals surface area (Å²) in [5.41, 5.74) is 0.0170. The first-order chi connectivity index (χ1) is 8.47. The van der Waals surface area contributed by atoms with Crippen LogP contribution in [-0.4, -0.2) is 16.8 Å². The Bertz CT molecular complexity index is 545. The first kappa shape index (κ1) is 16.8. The van der Waals surface area contributed by atoms with Crippen molar-refractivity contribution in [2.24, 2.45) is 7.05 Å². The van der Waals surface area contributed by atoms with Gasteiger partial charge in [0, 0.05) is 18.8 Å². The molecule has 0 unspecified atom stereocenters. The van der Waals surface area contributed by atoms with Crippen molar-refractivity contribution in [2.45, 2.75) is 6.61 Å². The van der Waals surface area contributed by atoms with Crippen LogP contribution in [0.4, 0.5) is 12.9 Å². The van der Waals surface area contributed by atoms with Crippen LogP contribution in [0.25, 0.3) is 0 Å². The van der Waals surface area contributed by atoms with Gasteiger partial charge in [-0.25, -0.2) is 0 Å². The number of rotatable bonds is 4. The standard InChI is InChI=1S/C11H11BF3N2O.K/c1-17-7-9(6-16-17)8-18-11-5-3-2-4-10(11)12(13,14)15;/h2-7H,8H2,1H3;/q-1;+1. The molecule has 19 heavy (non-hydrogen) atoms. The fourth-order valence-electron chi connectivity index (χ4n) is 1.59. The minimum absolute atomic E-state index is 0. The van der Waals surface area contributed by atoms with Gasteiger partial charge in [-0.3, -0.25) is 4.68 Å². The van der Waals surface area contributed by atoms with Crippen LogP contribution in [-0.2, 0) is 13.7 Å². The van der Waals surface area contributed by atoms with E-state index in [0.29, 0.717) is 0 Å². The van der Waals surface area contributed by atoms with Gasteiger partial charge in [0.2, 0.25) is 0 Å². The summed E-state index contributed by atoms with van der Waals surface area (Å²) in [6, 6.07) is 5.21. The minimum Gasteiger partial charge on any atom is -0.492 e. The summed E-state index contributed by atoms with van der Waals surface area (Å²) >= 11 is 0. The molecule has 0 fully saturated rings. The Balaban J connectivity index is 0.00000180. The van der Waals surface area contributed by atoms with Gasteiger partial charge in [0.1, 0.15) is 6.61 Å². The molecular formula is C11H11BF3KN2O. The molecule has 3 nitrogen and oxygen atoms in total. The fraction of sp³-hybridized carbons (Fsp3) is 0.182. The monoisotopic (exact) mass is 294 g/mol.